The summed E-state index contributed by atoms with van der Waals surface area (Å²) < 4.78 is 6.71. The lowest BCUT2D eigenvalue weighted by Gasteiger charge is -2.03. The van der Waals surface area contributed by atoms with Gasteiger partial charge in [0, 0.05) is 22.7 Å². The van der Waals surface area contributed by atoms with E-state index in [1.54, 1.807) is 6.07 Å². The average Bonchev–Trinajstić information content (AvgIpc) is 3.14. The number of carbonyl (C=O) groups excluding carboxylic acids is 1. The van der Waals surface area contributed by atoms with Crippen LogP contribution >= 0.6 is 15.9 Å². The van der Waals surface area contributed by atoms with Crippen LogP contribution in [0.25, 0.3) is 17.4 Å². The molecule has 0 fully saturated rings. The molecular formula is C21H15BrN2O2. The van der Waals surface area contributed by atoms with Crippen LogP contribution in [0.3, 0.4) is 0 Å². The van der Waals surface area contributed by atoms with E-state index >= 15 is 0 Å². The average molecular weight is 407 g/mol. The van der Waals surface area contributed by atoms with E-state index in [2.05, 4.69) is 21.2 Å². The van der Waals surface area contributed by atoms with Crippen LogP contribution in [0.1, 0.15) is 11.3 Å². The third-order valence-corrected chi connectivity index (χ3v) is 4.23. The fraction of sp³-hybridized carbons (Fsp3) is 0.0476. The second-order valence-corrected chi connectivity index (χ2v) is 6.46. The molecule has 1 aromatic heterocycles. The highest BCUT2D eigenvalue weighted by Crippen LogP contribution is 2.25. The number of halogens is 1. The van der Waals surface area contributed by atoms with Crippen LogP contribution in [0.2, 0.25) is 0 Å². The predicted octanol–water partition coefficient (Wildman–Crippen LogP) is 4.93. The number of rotatable bonds is 5. The first-order valence-corrected chi connectivity index (χ1v) is 8.75. The molecule has 0 aliphatic carbocycles. The first-order valence-electron chi connectivity index (χ1n) is 7.95. The molecule has 0 bridgehead atoms. The zero-order valence-corrected chi connectivity index (χ0v) is 15.4. The van der Waals surface area contributed by atoms with Crippen molar-refractivity contribution >= 4 is 27.9 Å². The highest BCUT2D eigenvalue weighted by Gasteiger charge is 2.11. The van der Waals surface area contributed by atoms with Crippen molar-refractivity contribution in [1.82, 2.24) is 5.32 Å². The summed E-state index contributed by atoms with van der Waals surface area (Å²) in [5.74, 6) is 0.693. The van der Waals surface area contributed by atoms with Gasteiger partial charge in [-0.1, -0.05) is 58.4 Å². The molecule has 0 aliphatic heterocycles. The molecule has 0 radical (unpaired) electrons. The molecule has 26 heavy (non-hydrogen) atoms. The Hall–Kier alpha value is -3.10. The topological polar surface area (TPSA) is 66.0 Å². The number of hydrogen-bond acceptors (Lipinski definition) is 3. The summed E-state index contributed by atoms with van der Waals surface area (Å²) >= 11 is 3.39. The molecule has 3 rings (SSSR count). The Kier molecular flexibility index (Phi) is 5.67. The molecule has 2 aromatic carbocycles. The van der Waals surface area contributed by atoms with E-state index in [9.17, 15) is 10.1 Å². The summed E-state index contributed by atoms with van der Waals surface area (Å²) in [5, 5.41) is 12.0. The maximum atomic E-state index is 12.2. The van der Waals surface area contributed by atoms with Gasteiger partial charge in [0.1, 0.15) is 23.2 Å². The molecule has 0 spiro atoms. The number of benzene rings is 2. The quantitative estimate of drug-likeness (QED) is 0.482. The van der Waals surface area contributed by atoms with Crippen molar-refractivity contribution in [2.75, 3.05) is 0 Å². The minimum absolute atomic E-state index is 0.00219. The minimum Gasteiger partial charge on any atom is -0.457 e. The normalized spacial score (nSPS) is 11.0. The number of furan rings is 1. The third kappa shape index (κ3) is 4.50. The molecule has 1 amide bonds. The first-order chi connectivity index (χ1) is 12.7. The van der Waals surface area contributed by atoms with Gasteiger partial charge < -0.3 is 9.73 Å². The number of nitrogens with zero attached hydrogens (tertiary/aromatic N) is 1. The van der Waals surface area contributed by atoms with E-state index in [4.69, 9.17) is 4.42 Å². The summed E-state index contributed by atoms with van der Waals surface area (Å²) in [6, 6.07) is 22.7. The molecule has 5 heteroatoms. The maximum absolute atomic E-state index is 12.2. The van der Waals surface area contributed by atoms with Crippen molar-refractivity contribution in [3.63, 3.8) is 0 Å². The fourth-order valence-electron chi connectivity index (χ4n) is 2.36. The van der Waals surface area contributed by atoms with Crippen molar-refractivity contribution in [3.8, 4) is 17.4 Å². The number of hydrogen-bond donors (Lipinski definition) is 1. The van der Waals surface area contributed by atoms with Gasteiger partial charge in [-0.05, 0) is 29.8 Å². The summed E-state index contributed by atoms with van der Waals surface area (Å²) in [6.45, 7) is 0.362. The Labute approximate surface area is 159 Å². The number of nitriles is 1. The second kappa shape index (κ2) is 8.32. The van der Waals surface area contributed by atoms with E-state index < -0.39 is 5.91 Å². The van der Waals surface area contributed by atoms with Gasteiger partial charge in [0.25, 0.3) is 5.91 Å². The number of carbonyl (C=O) groups is 1. The van der Waals surface area contributed by atoms with E-state index in [0.29, 0.717) is 18.1 Å². The fourth-order valence-corrected chi connectivity index (χ4v) is 2.63. The molecule has 1 heterocycles. The predicted molar refractivity (Wildman–Crippen MR) is 104 cm³/mol. The van der Waals surface area contributed by atoms with Gasteiger partial charge >= 0.3 is 0 Å². The zero-order valence-electron chi connectivity index (χ0n) is 13.8. The molecule has 0 saturated carbocycles. The Morgan fingerprint density at radius 3 is 2.50 bits per heavy atom. The van der Waals surface area contributed by atoms with Gasteiger partial charge in [-0.2, -0.15) is 5.26 Å². The Bertz CT molecular complexity index is 967. The van der Waals surface area contributed by atoms with Crippen LogP contribution in [0.4, 0.5) is 0 Å². The molecule has 0 saturated heterocycles. The van der Waals surface area contributed by atoms with Crippen molar-refractivity contribution in [2.24, 2.45) is 0 Å². The molecule has 4 nitrogen and oxygen atoms in total. The standard InChI is InChI=1S/C21H15BrN2O2/c22-18-8-6-16(7-9-18)20-11-10-19(26-20)12-17(13-23)21(25)24-14-15-4-2-1-3-5-15/h1-12H,14H2,(H,24,25)/b17-12-. The minimum atomic E-state index is -0.432. The molecule has 0 aliphatic rings. The van der Waals surface area contributed by atoms with Crippen LogP contribution in [0.5, 0.6) is 0 Å². The van der Waals surface area contributed by atoms with Gasteiger partial charge in [-0.15, -0.1) is 0 Å². The second-order valence-electron chi connectivity index (χ2n) is 5.55. The van der Waals surface area contributed by atoms with E-state index in [0.717, 1.165) is 15.6 Å². The van der Waals surface area contributed by atoms with Crippen LogP contribution in [-0.4, -0.2) is 5.91 Å². The van der Waals surface area contributed by atoms with Crippen LogP contribution in [0, 0.1) is 11.3 Å². The van der Waals surface area contributed by atoms with Crippen molar-refractivity contribution < 1.29 is 9.21 Å². The molecule has 1 N–H and O–H groups in total. The smallest absolute Gasteiger partial charge is 0.262 e. The Morgan fingerprint density at radius 1 is 1.08 bits per heavy atom. The van der Waals surface area contributed by atoms with Gasteiger partial charge in [-0.3, -0.25) is 4.79 Å². The molecule has 0 atom stereocenters. The van der Waals surface area contributed by atoms with Crippen LogP contribution < -0.4 is 5.32 Å². The number of amides is 1. The Balaban J connectivity index is 1.71. The summed E-state index contributed by atoms with van der Waals surface area (Å²) in [7, 11) is 0. The highest BCUT2D eigenvalue weighted by atomic mass is 79.9. The van der Waals surface area contributed by atoms with Gasteiger partial charge in [-0.25, -0.2) is 0 Å². The molecule has 3 aromatic rings. The van der Waals surface area contributed by atoms with Crippen molar-refractivity contribution in [1.29, 1.82) is 5.26 Å². The summed E-state index contributed by atoms with van der Waals surface area (Å²) in [5.41, 5.74) is 1.88. The van der Waals surface area contributed by atoms with Crippen LogP contribution in [0.15, 0.2) is 81.2 Å². The third-order valence-electron chi connectivity index (χ3n) is 3.70. The lowest BCUT2D eigenvalue weighted by molar-refractivity contribution is -0.117. The summed E-state index contributed by atoms with van der Waals surface area (Å²) in [6.07, 6.45) is 1.45. The van der Waals surface area contributed by atoms with E-state index in [1.807, 2.05) is 66.7 Å². The monoisotopic (exact) mass is 406 g/mol. The molecule has 128 valence electrons. The lowest BCUT2D eigenvalue weighted by atomic mass is 10.2. The van der Waals surface area contributed by atoms with Gasteiger partial charge in [0.05, 0.1) is 0 Å². The van der Waals surface area contributed by atoms with E-state index in [1.165, 1.54) is 6.08 Å². The van der Waals surface area contributed by atoms with Crippen molar-refractivity contribution in [3.05, 3.63) is 88.1 Å². The van der Waals surface area contributed by atoms with Gasteiger partial charge in [0.15, 0.2) is 0 Å². The SMILES string of the molecule is N#C/C(=C/c1ccc(-c2ccc(Br)cc2)o1)C(=O)NCc1ccccc1. The highest BCUT2D eigenvalue weighted by molar-refractivity contribution is 9.10. The lowest BCUT2D eigenvalue weighted by Crippen LogP contribution is -2.23. The Morgan fingerprint density at radius 2 is 1.81 bits per heavy atom. The summed E-state index contributed by atoms with van der Waals surface area (Å²) in [4.78, 5) is 12.2. The molecule has 0 unspecified atom stereocenters. The van der Waals surface area contributed by atoms with E-state index in [-0.39, 0.29) is 5.57 Å². The largest absolute Gasteiger partial charge is 0.457 e. The van der Waals surface area contributed by atoms with Crippen LogP contribution in [-0.2, 0) is 11.3 Å². The first kappa shape index (κ1) is 17.7. The maximum Gasteiger partial charge on any atom is 0.262 e. The molecular weight excluding hydrogens is 392 g/mol. The van der Waals surface area contributed by atoms with Crippen molar-refractivity contribution in [2.45, 2.75) is 6.54 Å². The number of nitrogens with one attached hydrogen (secondary N) is 1. The zero-order chi connectivity index (χ0) is 18.4. The van der Waals surface area contributed by atoms with Gasteiger partial charge in [0.2, 0.25) is 0 Å².